The Hall–Kier alpha value is -1.40. The van der Waals surface area contributed by atoms with Crippen molar-refractivity contribution in [3.05, 3.63) is 22.4 Å². The third-order valence-electron chi connectivity index (χ3n) is 3.10. The second-order valence-corrected chi connectivity index (χ2v) is 5.31. The second-order valence-electron chi connectivity index (χ2n) is 4.53. The van der Waals surface area contributed by atoms with Crippen molar-refractivity contribution in [2.45, 2.75) is 19.4 Å². The fourth-order valence-electron chi connectivity index (χ4n) is 2.02. The Morgan fingerprint density at radius 2 is 2.42 bits per heavy atom. The molecule has 2 amide bonds. The first-order valence-electron chi connectivity index (χ1n) is 6.36. The van der Waals surface area contributed by atoms with Crippen molar-refractivity contribution in [1.29, 1.82) is 0 Å². The zero-order chi connectivity index (χ0) is 13.7. The summed E-state index contributed by atoms with van der Waals surface area (Å²) in [5.41, 5.74) is 0.650. The van der Waals surface area contributed by atoms with Crippen molar-refractivity contribution in [3.8, 4) is 0 Å². The topological polar surface area (TPSA) is 58.6 Å². The van der Waals surface area contributed by atoms with Gasteiger partial charge in [-0.25, -0.2) is 0 Å². The van der Waals surface area contributed by atoms with E-state index in [1.807, 2.05) is 17.2 Å². The van der Waals surface area contributed by atoms with Crippen LogP contribution in [0, 0.1) is 0 Å². The molecule has 0 unspecified atom stereocenters. The minimum Gasteiger partial charge on any atom is -0.377 e. The molecular weight excluding hydrogens is 264 g/mol. The fourth-order valence-corrected chi connectivity index (χ4v) is 2.66. The van der Waals surface area contributed by atoms with Crippen molar-refractivity contribution in [2.75, 3.05) is 26.3 Å². The van der Waals surface area contributed by atoms with Gasteiger partial charge in [-0.3, -0.25) is 9.59 Å². The standard InChI is InChI=1S/C13H18N2O3S/c1-10-8-18-6-5-15(10)12(16)2-4-14-13(17)11-3-7-19-9-11/h3,7,9-10H,2,4-6,8H2,1H3,(H,14,17)/t10-/m0/s1. The van der Waals surface area contributed by atoms with Gasteiger partial charge in [-0.1, -0.05) is 0 Å². The number of morpholine rings is 1. The number of carbonyl (C=O) groups excluding carboxylic acids is 2. The van der Waals surface area contributed by atoms with Crippen LogP contribution in [0.15, 0.2) is 16.8 Å². The van der Waals surface area contributed by atoms with E-state index in [1.165, 1.54) is 11.3 Å². The van der Waals surface area contributed by atoms with E-state index in [9.17, 15) is 9.59 Å². The lowest BCUT2D eigenvalue weighted by atomic mass is 10.2. The molecule has 1 N–H and O–H groups in total. The molecule has 0 saturated carbocycles. The Bertz CT molecular complexity index is 433. The molecule has 19 heavy (non-hydrogen) atoms. The number of carbonyl (C=O) groups is 2. The molecular formula is C13H18N2O3S. The minimum absolute atomic E-state index is 0.0708. The predicted molar refractivity (Wildman–Crippen MR) is 73.3 cm³/mol. The maximum Gasteiger partial charge on any atom is 0.252 e. The smallest absolute Gasteiger partial charge is 0.252 e. The van der Waals surface area contributed by atoms with E-state index in [-0.39, 0.29) is 17.9 Å². The molecule has 104 valence electrons. The summed E-state index contributed by atoms with van der Waals surface area (Å²) in [5, 5.41) is 6.41. The Kier molecular flexibility index (Phi) is 4.93. The van der Waals surface area contributed by atoms with Gasteiger partial charge >= 0.3 is 0 Å². The molecule has 1 aromatic heterocycles. The molecule has 2 rings (SSSR count). The van der Waals surface area contributed by atoms with Gasteiger partial charge in [0.25, 0.3) is 5.91 Å². The van der Waals surface area contributed by atoms with Gasteiger partial charge in [-0.2, -0.15) is 11.3 Å². The predicted octanol–water partition coefficient (Wildman–Crippen LogP) is 1.12. The number of rotatable bonds is 4. The lowest BCUT2D eigenvalue weighted by Gasteiger charge is -2.33. The minimum atomic E-state index is -0.121. The maximum atomic E-state index is 12.0. The molecule has 0 radical (unpaired) electrons. The van der Waals surface area contributed by atoms with Gasteiger partial charge in [0.1, 0.15) is 0 Å². The van der Waals surface area contributed by atoms with Gasteiger partial charge in [0.15, 0.2) is 0 Å². The average molecular weight is 282 g/mol. The van der Waals surface area contributed by atoms with Crippen molar-refractivity contribution in [1.82, 2.24) is 10.2 Å². The molecule has 0 aromatic carbocycles. The first kappa shape index (κ1) is 14.0. The zero-order valence-electron chi connectivity index (χ0n) is 10.9. The number of amides is 2. The number of thiophene rings is 1. The quantitative estimate of drug-likeness (QED) is 0.900. The van der Waals surface area contributed by atoms with Gasteiger partial charge in [0, 0.05) is 30.5 Å². The molecule has 6 heteroatoms. The third-order valence-corrected chi connectivity index (χ3v) is 3.78. The second kappa shape index (κ2) is 6.68. The van der Waals surface area contributed by atoms with E-state index in [4.69, 9.17) is 4.74 Å². The lowest BCUT2D eigenvalue weighted by molar-refractivity contribution is -0.138. The molecule has 1 fully saturated rings. The maximum absolute atomic E-state index is 12.0. The highest BCUT2D eigenvalue weighted by molar-refractivity contribution is 7.08. The van der Waals surface area contributed by atoms with Crippen molar-refractivity contribution >= 4 is 23.2 Å². The number of nitrogens with zero attached hydrogens (tertiary/aromatic N) is 1. The summed E-state index contributed by atoms with van der Waals surface area (Å²) in [5.74, 6) is -0.0505. The molecule has 5 nitrogen and oxygen atoms in total. The highest BCUT2D eigenvalue weighted by Gasteiger charge is 2.23. The molecule has 1 aliphatic heterocycles. The summed E-state index contributed by atoms with van der Waals surface area (Å²) in [4.78, 5) is 25.5. The van der Waals surface area contributed by atoms with Crippen LogP contribution in [-0.4, -0.2) is 49.1 Å². The average Bonchev–Trinajstić information content (AvgIpc) is 2.93. The molecule has 0 spiro atoms. The van der Waals surface area contributed by atoms with Crippen molar-refractivity contribution < 1.29 is 14.3 Å². The Balaban J connectivity index is 1.73. The molecule has 1 aliphatic rings. The van der Waals surface area contributed by atoms with E-state index >= 15 is 0 Å². The van der Waals surface area contributed by atoms with E-state index in [0.717, 1.165) is 0 Å². The first-order chi connectivity index (χ1) is 9.18. The summed E-state index contributed by atoms with van der Waals surface area (Å²) >= 11 is 1.48. The van der Waals surface area contributed by atoms with Crippen LogP contribution in [0.1, 0.15) is 23.7 Å². The largest absolute Gasteiger partial charge is 0.377 e. The van der Waals surface area contributed by atoms with Crippen LogP contribution in [0.4, 0.5) is 0 Å². The summed E-state index contributed by atoms with van der Waals surface area (Å²) in [6.45, 7) is 4.17. The fraction of sp³-hybridized carbons (Fsp3) is 0.538. The van der Waals surface area contributed by atoms with E-state index in [0.29, 0.717) is 38.3 Å². The zero-order valence-corrected chi connectivity index (χ0v) is 11.7. The van der Waals surface area contributed by atoms with Crippen LogP contribution in [0.5, 0.6) is 0 Å². The van der Waals surface area contributed by atoms with Crippen LogP contribution >= 0.6 is 11.3 Å². The van der Waals surface area contributed by atoms with E-state index in [1.54, 1.807) is 11.4 Å². The summed E-state index contributed by atoms with van der Waals surface area (Å²) in [6.07, 6.45) is 0.334. The van der Waals surface area contributed by atoms with Crippen LogP contribution in [-0.2, 0) is 9.53 Å². The van der Waals surface area contributed by atoms with Crippen molar-refractivity contribution in [3.63, 3.8) is 0 Å². The lowest BCUT2D eigenvalue weighted by Crippen LogP contribution is -2.47. The molecule has 1 aromatic rings. The highest BCUT2D eigenvalue weighted by Crippen LogP contribution is 2.08. The molecule has 0 bridgehead atoms. The first-order valence-corrected chi connectivity index (χ1v) is 7.30. The van der Waals surface area contributed by atoms with Crippen LogP contribution < -0.4 is 5.32 Å². The Morgan fingerprint density at radius 1 is 1.58 bits per heavy atom. The summed E-state index contributed by atoms with van der Waals surface area (Å²) in [7, 11) is 0. The summed E-state index contributed by atoms with van der Waals surface area (Å²) < 4.78 is 5.29. The van der Waals surface area contributed by atoms with E-state index < -0.39 is 0 Å². The van der Waals surface area contributed by atoms with Gasteiger partial charge in [0.05, 0.1) is 19.3 Å². The number of hydrogen-bond acceptors (Lipinski definition) is 4. The van der Waals surface area contributed by atoms with Gasteiger partial charge in [-0.15, -0.1) is 0 Å². The normalized spacial score (nSPS) is 19.2. The van der Waals surface area contributed by atoms with Crippen LogP contribution in [0.3, 0.4) is 0 Å². The number of hydrogen-bond donors (Lipinski definition) is 1. The van der Waals surface area contributed by atoms with Gasteiger partial charge in [0.2, 0.25) is 5.91 Å². The monoisotopic (exact) mass is 282 g/mol. The molecule has 0 aliphatic carbocycles. The molecule has 1 atom stereocenters. The van der Waals surface area contributed by atoms with Gasteiger partial charge < -0.3 is 15.0 Å². The van der Waals surface area contributed by atoms with Gasteiger partial charge in [-0.05, 0) is 18.4 Å². The molecule has 1 saturated heterocycles. The highest BCUT2D eigenvalue weighted by atomic mass is 32.1. The van der Waals surface area contributed by atoms with Crippen LogP contribution in [0.2, 0.25) is 0 Å². The van der Waals surface area contributed by atoms with Crippen molar-refractivity contribution in [2.24, 2.45) is 0 Å². The van der Waals surface area contributed by atoms with Crippen LogP contribution in [0.25, 0.3) is 0 Å². The number of ether oxygens (including phenoxy) is 1. The van der Waals surface area contributed by atoms with E-state index in [2.05, 4.69) is 5.32 Å². The number of nitrogens with one attached hydrogen (secondary N) is 1. The summed E-state index contributed by atoms with van der Waals surface area (Å²) in [6, 6.07) is 1.89. The SMILES string of the molecule is C[C@H]1COCCN1C(=O)CCNC(=O)c1ccsc1. The third kappa shape index (κ3) is 3.78. The molecule has 2 heterocycles. The Morgan fingerprint density at radius 3 is 3.11 bits per heavy atom. The Labute approximate surface area is 116 Å².